The van der Waals surface area contributed by atoms with Crippen LogP contribution < -0.4 is 0 Å². The van der Waals surface area contributed by atoms with Crippen molar-refractivity contribution in [1.82, 2.24) is 14.9 Å². The van der Waals surface area contributed by atoms with Gasteiger partial charge in [0.15, 0.2) is 0 Å². The first-order valence-corrected chi connectivity index (χ1v) is 10.8. The molecule has 1 amide bonds. The topological polar surface area (TPSA) is 81.6 Å². The molecule has 0 aliphatic carbocycles. The number of nitrogens with zero attached hydrogens (tertiary/aromatic N) is 3. The summed E-state index contributed by atoms with van der Waals surface area (Å²) in [7, 11) is 0. The molecule has 0 saturated carbocycles. The number of hydrogen-bond acceptors (Lipinski definition) is 7. The number of rotatable bonds is 5. The summed E-state index contributed by atoms with van der Waals surface area (Å²) in [6, 6.07) is 5.95. The molecule has 1 saturated heterocycles. The summed E-state index contributed by atoms with van der Waals surface area (Å²) in [6.45, 7) is 8.42. The normalized spacial score (nSPS) is 15.7. The summed E-state index contributed by atoms with van der Waals surface area (Å²) < 4.78 is 10.7. The maximum Gasteiger partial charge on any atom is 0.410 e. The molecule has 0 unspecified atom stereocenters. The average molecular weight is 418 g/mol. The van der Waals surface area contributed by atoms with E-state index in [4.69, 9.17) is 9.47 Å². The number of thioether (sulfide) groups is 1. The Morgan fingerprint density at radius 3 is 2.59 bits per heavy atom. The summed E-state index contributed by atoms with van der Waals surface area (Å²) in [4.78, 5) is 35.1. The highest BCUT2D eigenvalue weighted by molar-refractivity contribution is 7.98. The molecule has 0 bridgehead atoms. The molecule has 0 spiro atoms. The van der Waals surface area contributed by atoms with Gasteiger partial charge in [-0.3, -0.25) is 4.79 Å². The van der Waals surface area contributed by atoms with Crippen LogP contribution in [-0.4, -0.2) is 58.5 Å². The molecule has 1 aromatic carbocycles. The van der Waals surface area contributed by atoms with E-state index in [9.17, 15) is 9.59 Å². The molecule has 1 aromatic heterocycles. The zero-order valence-electron chi connectivity index (χ0n) is 17.5. The van der Waals surface area contributed by atoms with Crippen LogP contribution >= 0.6 is 11.8 Å². The Hall–Kier alpha value is -2.35. The van der Waals surface area contributed by atoms with Gasteiger partial charge in [-0.2, -0.15) is 0 Å². The van der Waals surface area contributed by atoms with Crippen molar-refractivity contribution in [3.05, 3.63) is 30.1 Å². The maximum absolute atomic E-state index is 12.4. The molecule has 0 radical (unpaired) electrons. The fraction of sp³-hybridized carbons (Fsp3) is 0.524. The number of carbonyl (C=O) groups is 2. The third-order valence-corrected chi connectivity index (χ3v) is 5.54. The lowest BCUT2D eigenvalue weighted by Crippen LogP contribution is -2.62. The molecule has 1 aliphatic heterocycles. The van der Waals surface area contributed by atoms with Crippen LogP contribution in [0.2, 0.25) is 0 Å². The SMILES string of the molecule is CCOC(=O)CC1(c2ccc3ncnc(SC)c3c2)CN(C(=O)OC(C)(C)C)C1. The van der Waals surface area contributed by atoms with E-state index in [1.807, 2.05) is 45.2 Å². The standard InChI is InChI=1S/C21H27N3O4S/c1-6-27-17(25)10-21(11-24(12-21)19(26)28-20(2,3)4)14-7-8-16-15(9-14)18(29-5)23-13-22-16/h7-9,13H,6,10-12H2,1-5H3. The fourth-order valence-corrected chi connectivity index (χ4v) is 4.09. The molecular weight excluding hydrogens is 390 g/mol. The van der Waals surface area contributed by atoms with E-state index < -0.39 is 11.0 Å². The quantitative estimate of drug-likeness (QED) is 0.416. The second-order valence-electron chi connectivity index (χ2n) is 8.21. The zero-order chi connectivity index (χ0) is 21.2. The molecule has 0 N–H and O–H groups in total. The largest absolute Gasteiger partial charge is 0.466 e. The van der Waals surface area contributed by atoms with E-state index in [1.54, 1.807) is 29.9 Å². The van der Waals surface area contributed by atoms with Gasteiger partial charge in [-0.05, 0) is 51.6 Å². The predicted octanol–water partition coefficient (Wildman–Crippen LogP) is 3.79. The molecule has 7 nitrogen and oxygen atoms in total. The first-order chi connectivity index (χ1) is 13.7. The van der Waals surface area contributed by atoms with Gasteiger partial charge < -0.3 is 14.4 Å². The molecule has 3 rings (SSSR count). The van der Waals surface area contributed by atoms with Gasteiger partial charge in [0.2, 0.25) is 0 Å². The summed E-state index contributed by atoms with van der Waals surface area (Å²) in [5.41, 5.74) is 0.748. The van der Waals surface area contributed by atoms with E-state index >= 15 is 0 Å². The van der Waals surface area contributed by atoms with Crippen LogP contribution in [0.5, 0.6) is 0 Å². The number of esters is 1. The molecular formula is C21H27N3O4S. The van der Waals surface area contributed by atoms with E-state index in [-0.39, 0.29) is 18.5 Å². The Bertz CT molecular complexity index is 920. The van der Waals surface area contributed by atoms with Gasteiger partial charge in [0, 0.05) is 23.9 Å². The monoisotopic (exact) mass is 417 g/mol. The Balaban J connectivity index is 1.92. The number of hydrogen-bond donors (Lipinski definition) is 0. The lowest BCUT2D eigenvalue weighted by atomic mass is 9.71. The minimum atomic E-state index is -0.565. The number of carbonyl (C=O) groups excluding carboxylic acids is 2. The van der Waals surface area contributed by atoms with Crippen molar-refractivity contribution in [3.8, 4) is 0 Å². The van der Waals surface area contributed by atoms with Gasteiger partial charge in [-0.15, -0.1) is 11.8 Å². The van der Waals surface area contributed by atoms with Crippen molar-refractivity contribution in [2.75, 3.05) is 26.0 Å². The number of likely N-dealkylation sites (tertiary alicyclic amines) is 1. The molecule has 8 heteroatoms. The lowest BCUT2D eigenvalue weighted by molar-refractivity contribution is -0.146. The summed E-state index contributed by atoms with van der Waals surface area (Å²) in [5, 5.41) is 1.82. The fourth-order valence-electron chi connectivity index (χ4n) is 3.55. The van der Waals surface area contributed by atoms with Crippen molar-refractivity contribution in [3.63, 3.8) is 0 Å². The number of amides is 1. The molecule has 29 heavy (non-hydrogen) atoms. The van der Waals surface area contributed by atoms with Crippen LogP contribution in [0, 0.1) is 0 Å². The summed E-state index contributed by atoms with van der Waals surface area (Å²) in [6.07, 6.45) is 3.35. The van der Waals surface area contributed by atoms with Crippen molar-refractivity contribution < 1.29 is 19.1 Å². The van der Waals surface area contributed by atoms with Crippen LogP contribution in [0.3, 0.4) is 0 Å². The second kappa shape index (κ2) is 8.18. The highest BCUT2D eigenvalue weighted by atomic mass is 32.2. The number of ether oxygens (including phenoxy) is 2. The number of benzene rings is 1. The Morgan fingerprint density at radius 2 is 1.97 bits per heavy atom. The van der Waals surface area contributed by atoms with Gasteiger partial charge in [0.05, 0.1) is 18.5 Å². The van der Waals surface area contributed by atoms with Crippen molar-refractivity contribution in [1.29, 1.82) is 0 Å². The minimum absolute atomic E-state index is 0.202. The lowest BCUT2D eigenvalue weighted by Gasteiger charge is -2.50. The van der Waals surface area contributed by atoms with E-state index in [0.717, 1.165) is 21.5 Å². The first kappa shape index (κ1) is 21.4. The van der Waals surface area contributed by atoms with E-state index in [1.165, 1.54) is 0 Å². The van der Waals surface area contributed by atoms with Crippen LogP contribution in [0.15, 0.2) is 29.6 Å². The zero-order valence-corrected chi connectivity index (χ0v) is 18.3. The first-order valence-electron chi connectivity index (χ1n) is 9.60. The molecule has 2 heterocycles. The van der Waals surface area contributed by atoms with Gasteiger partial charge in [0.25, 0.3) is 0 Å². The number of fused-ring (bicyclic) bond motifs is 1. The van der Waals surface area contributed by atoms with E-state index in [0.29, 0.717) is 19.7 Å². The van der Waals surface area contributed by atoms with Gasteiger partial charge in [-0.25, -0.2) is 14.8 Å². The van der Waals surface area contributed by atoms with Gasteiger partial charge in [-0.1, -0.05) is 6.07 Å². The van der Waals surface area contributed by atoms with Crippen LogP contribution in [0.25, 0.3) is 10.9 Å². The summed E-state index contributed by atoms with van der Waals surface area (Å²) >= 11 is 1.55. The third-order valence-electron chi connectivity index (χ3n) is 4.83. The highest BCUT2D eigenvalue weighted by Crippen LogP contribution is 2.40. The smallest absolute Gasteiger partial charge is 0.410 e. The van der Waals surface area contributed by atoms with Gasteiger partial charge in [0.1, 0.15) is 17.0 Å². The van der Waals surface area contributed by atoms with Crippen molar-refractivity contribution >= 4 is 34.7 Å². The van der Waals surface area contributed by atoms with Crippen LogP contribution in [0.4, 0.5) is 4.79 Å². The Kier molecular flexibility index (Phi) is 6.03. The van der Waals surface area contributed by atoms with Crippen molar-refractivity contribution in [2.24, 2.45) is 0 Å². The van der Waals surface area contributed by atoms with Crippen LogP contribution in [0.1, 0.15) is 39.7 Å². The van der Waals surface area contributed by atoms with Gasteiger partial charge >= 0.3 is 12.1 Å². The highest BCUT2D eigenvalue weighted by Gasteiger charge is 2.49. The minimum Gasteiger partial charge on any atom is -0.466 e. The van der Waals surface area contributed by atoms with E-state index in [2.05, 4.69) is 9.97 Å². The number of aromatic nitrogens is 2. The van der Waals surface area contributed by atoms with Crippen molar-refractivity contribution in [2.45, 2.75) is 50.2 Å². The molecule has 156 valence electrons. The Morgan fingerprint density at radius 1 is 1.24 bits per heavy atom. The molecule has 0 atom stereocenters. The average Bonchev–Trinajstić information content (AvgIpc) is 2.62. The molecule has 1 aliphatic rings. The maximum atomic E-state index is 12.4. The second-order valence-corrected chi connectivity index (χ2v) is 9.01. The predicted molar refractivity (Wildman–Crippen MR) is 112 cm³/mol. The summed E-state index contributed by atoms with van der Waals surface area (Å²) in [5.74, 6) is -0.272. The Labute approximate surface area is 175 Å². The molecule has 2 aromatic rings. The van der Waals surface area contributed by atoms with Crippen LogP contribution in [-0.2, 0) is 19.7 Å². The molecule has 1 fully saturated rings. The third kappa shape index (κ3) is 4.63.